The molecule has 0 unspecified atom stereocenters. The van der Waals surface area contributed by atoms with Crippen LogP contribution >= 0.6 is 23.4 Å². The van der Waals surface area contributed by atoms with Crippen LogP contribution in [0.4, 0.5) is 0 Å². The third-order valence-corrected chi connectivity index (χ3v) is 4.12. The molecule has 0 spiro atoms. The molecule has 0 fully saturated rings. The van der Waals surface area contributed by atoms with Crippen LogP contribution < -0.4 is 11.3 Å². The average Bonchev–Trinajstić information content (AvgIpc) is 2.49. The molecule has 3 N–H and O–H groups in total. The van der Waals surface area contributed by atoms with E-state index in [1.807, 2.05) is 48.2 Å². The highest BCUT2D eigenvalue weighted by molar-refractivity contribution is 7.97. The molecule has 0 aliphatic heterocycles. The number of benzene rings is 2. The van der Waals surface area contributed by atoms with Gasteiger partial charge in [0.25, 0.3) is 5.91 Å². The molecule has 0 radical (unpaired) electrons. The Morgan fingerprint density at radius 2 is 1.50 bits per heavy atom. The number of halogens is 1. The molecule has 0 aromatic heterocycles. The number of nitrogens with two attached hydrogens (primary N) is 1. The van der Waals surface area contributed by atoms with E-state index in [1.165, 1.54) is 11.1 Å². The molecule has 5 heteroatoms. The van der Waals surface area contributed by atoms with Gasteiger partial charge in [-0.2, -0.15) is 11.8 Å². The molecule has 0 bridgehead atoms. The summed E-state index contributed by atoms with van der Waals surface area (Å²) in [7, 11) is 0. The van der Waals surface area contributed by atoms with Gasteiger partial charge in [-0.25, -0.2) is 5.84 Å². The van der Waals surface area contributed by atoms with E-state index in [0.29, 0.717) is 5.56 Å². The Morgan fingerprint density at radius 1 is 1.00 bits per heavy atom. The fourth-order valence-corrected chi connectivity index (χ4v) is 2.79. The second kappa shape index (κ2) is 7.33. The minimum Gasteiger partial charge on any atom is -0.290 e. The van der Waals surface area contributed by atoms with Gasteiger partial charge in [0.2, 0.25) is 0 Å². The number of nitrogen functional groups attached to an aromatic ring is 1. The van der Waals surface area contributed by atoms with Crippen molar-refractivity contribution in [3.63, 3.8) is 0 Å². The van der Waals surface area contributed by atoms with E-state index < -0.39 is 0 Å². The summed E-state index contributed by atoms with van der Waals surface area (Å²) in [6.45, 7) is 0. The highest BCUT2D eigenvalue weighted by Crippen LogP contribution is 2.19. The number of carbonyl (C=O) groups excluding carboxylic acids is 1. The van der Waals surface area contributed by atoms with Crippen molar-refractivity contribution in [2.75, 3.05) is 0 Å². The van der Waals surface area contributed by atoms with Crippen LogP contribution in [-0.2, 0) is 11.5 Å². The first-order valence-electron chi connectivity index (χ1n) is 6.11. The maximum absolute atomic E-state index is 11.3. The van der Waals surface area contributed by atoms with Gasteiger partial charge >= 0.3 is 0 Å². The van der Waals surface area contributed by atoms with Crippen LogP contribution in [0.1, 0.15) is 21.5 Å². The van der Waals surface area contributed by atoms with Crippen LogP contribution in [-0.4, -0.2) is 5.91 Å². The first kappa shape index (κ1) is 14.9. The quantitative estimate of drug-likeness (QED) is 0.506. The van der Waals surface area contributed by atoms with E-state index >= 15 is 0 Å². The van der Waals surface area contributed by atoms with E-state index in [1.54, 1.807) is 12.1 Å². The van der Waals surface area contributed by atoms with Crippen molar-refractivity contribution < 1.29 is 4.79 Å². The number of hydrazine groups is 1. The predicted molar refractivity (Wildman–Crippen MR) is 84.5 cm³/mol. The minimum atomic E-state index is -0.273. The first-order valence-corrected chi connectivity index (χ1v) is 7.64. The lowest BCUT2D eigenvalue weighted by Gasteiger charge is -2.04. The number of nitrogens with one attached hydrogen (secondary N) is 1. The highest BCUT2D eigenvalue weighted by atomic mass is 35.5. The van der Waals surface area contributed by atoms with Crippen molar-refractivity contribution in [1.82, 2.24) is 5.43 Å². The van der Waals surface area contributed by atoms with Gasteiger partial charge in [-0.3, -0.25) is 10.2 Å². The van der Waals surface area contributed by atoms with E-state index in [-0.39, 0.29) is 5.91 Å². The molecule has 3 nitrogen and oxygen atoms in total. The summed E-state index contributed by atoms with van der Waals surface area (Å²) in [5.41, 5.74) is 5.11. The number of hydrogen-bond acceptors (Lipinski definition) is 3. The summed E-state index contributed by atoms with van der Waals surface area (Å²) >= 11 is 7.66. The van der Waals surface area contributed by atoms with Crippen molar-refractivity contribution in [2.24, 2.45) is 5.84 Å². The zero-order valence-electron chi connectivity index (χ0n) is 10.8. The van der Waals surface area contributed by atoms with Crippen molar-refractivity contribution in [1.29, 1.82) is 0 Å². The Morgan fingerprint density at radius 3 is 2.00 bits per heavy atom. The lowest BCUT2D eigenvalue weighted by Crippen LogP contribution is -2.29. The van der Waals surface area contributed by atoms with E-state index in [4.69, 9.17) is 17.4 Å². The van der Waals surface area contributed by atoms with Gasteiger partial charge < -0.3 is 0 Å². The number of hydrogen-bond donors (Lipinski definition) is 2. The standard InChI is InChI=1S/C15H15ClN2OS/c16-14-7-3-12(4-8-14)10-20-9-11-1-5-13(6-2-11)15(19)18-17/h1-8H,9-10,17H2,(H,18,19). The topological polar surface area (TPSA) is 55.1 Å². The Hall–Kier alpha value is -1.49. The number of amides is 1. The lowest BCUT2D eigenvalue weighted by molar-refractivity contribution is 0.0953. The van der Waals surface area contributed by atoms with Gasteiger partial charge in [-0.15, -0.1) is 0 Å². The molecule has 0 saturated carbocycles. The second-order valence-corrected chi connectivity index (χ2v) is 5.71. The highest BCUT2D eigenvalue weighted by Gasteiger charge is 2.02. The largest absolute Gasteiger partial charge is 0.290 e. The van der Waals surface area contributed by atoms with Crippen LogP contribution in [0, 0.1) is 0 Å². The van der Waals surface area contributed by atoms with Crippen LogP contribution in [0.5, 0.6) is 0 Å². The molecule has 20 heavy (non-hydrogen) atoms. The third-order valence-electron chi connectivity index (χ3n) is 2.80. The predicted octanol–water partition coefficient (Wildman–Crippen LogP) is 3.38. The van der Waals surface area contributed by atoms with Gasteiger partial charge in [-0.05, 0) is 35.4 Å². The summed E-state index contributed by atoms with van der Waals surface area (Å²) in [5, 5.41) is 0.757. The molecule has 104 valence electrons. The smallest absolute Gasteiger partial charge is 0.265 e. The van der Waals surface area contributed by atoms with Crippen molar-refractivity contribution >= 4 is 29.3 Å². The molecule has 0 aliphatic carbocycles. The molecular formula is C15H15ClN2OS. The van der Waals surface area contributed by atoms with Crippen molar-refractivity contribution in [2.45, 2.75) is 11.5 Å². The summed E-state index contributed by atoms with van der Waals surface area (Å²) in [6.07, 6.45) is 0. The molecule has 2 aromatic rings. The molecular weight excluding hydrogens is 292 g/mol. The molecule has 1 amide bonds. The van der Waals surface area contributed by atoms with Gasteiger partial charge in [0, 0.05) is 22.1 Å². The Bertz CT molecular complexity index is 569. The van der Waals surface area contributed by atoms with Gasteiger partial charge in [0.1, 0.15) is 0 Å². The number of rotatable bonds is 5. The maximum Gasteiger partial charge on any atom is 0.265 e. The van der Waals surface area contributed by atoms with Gasteiger partial charge in [0.05, 0.1) is 0 Å². The second-order valence-electron chi connectivity index (χ2n) is 4.29. The normalized spacial score (nSPS) is 10.3. The molecule has 0 aliphatic rings. The maximum atomic E-state index is 11.3. The monoisotopic (exact) mass is 306 g/mol. The zero-order valence-corrected chi connectivity index (χ0v) is 12.4. The van der Waals surface area contributed by atoms with Crippen LogP contribution in [0.15, 0.2) is 48.5 Å². The Labute approximate surface area is 127 Å². The summed E-state index contributed by atoms with van der Waals surface area (Å²) in [4.78, 5) is 11.3. The van der Waals surface area contributed by atoms with Crippen LogP contribution in [0.2, 0.25) is 5.02 Å². The minimum absolute atomic E-state index is 0.273. The van der Waals surface area contributed by atoms with Gasteiger partial charge in [0.15, 0.2) is 0 Å². The number of thioether (sulfide) groups is 1. The zero-order chi connectivity index (χ0) is 14.4. The fraction of sp³-hybridized carbons (Fsp3) is 0.133. The van der Waals surface area contributed by atoms with Crippen molar-refractivity contribution in [3.05, 3.63) is 70.2 Å². The average molecular weight is 307 g/mol. The van der Waals surface area contributed by atoms with E-state index in [0.717, 1.165) is 16.5 Å². The fourth-order valence-electron chi connectivity index (χ4n) is 1.70. The third kappa shape index (κ3) is 4.27. The molecule has 0 heterocycles. The molecule has 0 atom stereocenters. The molecule has 0 saturated heterocycles. The summed E-state index contributed by atoms with van der Waals surface area (Å²) in [5.74, 6) is 6.64. The van der Waals surface area contributed by atoms with Crippen molar-refractivity contribution in [3.8, 4) is 0 Å². The Kier molecular flexibility index (Phi) is 5.47. The summed E-state index contributed by atoms with van der Waals surface area (Å²) < 4.78 is 0. The van der Waals surface area contributed by atoms with E-state index in [9.17, 15) is 4.79 Å². The van der Waals surface area contributed by atoms with Gasteiger partial charge in [-0.1, -0.05) is 35.9 Å². The summed E-state index contributed by atoms with van der Waals surface area (Å²) in [6, 6.07) is 15.3. The van der Waals surface area contributed by atoms with E-state index in [2.05, 4.69) is 5.43 Å². The molecule has 2 rings (SSSR count). The first-order chi connectivity index (χ1) is 9.69. The van der Waals surface area contributed by atoms with Crippen LogP contribution in [0.3, 0.4) is 0 Å². The lowest BCUT2D eigenvalue weighted by atomic mass is 10.1. The number of carbonyl (C=O) groups is 1. The Balaban J connectivity index is 1.85. The molecule has 2 aromatic carbocycles. The van der Waals surface area contributed by atoms with Crippen LogP contribution in [0.25, 0.3) is 0 Å². The SMILES string of the molecule is NNC(=O)c1ccc(CSCc2ccc(Cl)cc2)cc1.